The van der Waals surface area contributed by atoms with Crippen LogP contribution in [0.25, 0.3) is 124 Å². The minimum absolute atomic E-state index is 0. The molecule has 500 valence electrons. The second-order valence-corrected chi connectivity index (χ2v) is 30.9. The summed E-state index contributed by atoms with van der Waals surface area (Å²) in [6.07, 6.45) is 8.54. The number of benzene rings is 10. The SMILES string of the molecule is CC(C)(C)c1ccnc(-c2[c-]cc(-c3ccccc3C3CC(c4ccccc4-c4c[c-]c(-c5ccc(-c6nc(-c7cccc(-c8ccccc8)c7)nc(-c7cccc(-c8ccccc8)c7)n6)cn5)cc4Br)CC(c4ccccc4-c4c[c-]c(-c5cc(C(C)(C)C)ccn5)cc4Br)C3)c(Br)c2)c1.[Ir+3]. The Morgan fingerprint density at radius 1 is 0.314 bits per heavy atom. The molecule has 4 heterocycles. The number of hydrogen-bond acceptors (Lipinski definition) is 6. The van der Waals surface area contributed by atoms with Gasteiger partial charge in [-0.3, -0.25) is 0 Å². The zero-order valence-corrected chi connectivity index (χ0v) is 64.6. The van der Waals surface area contributed by atoms with Crippen molar-refractivity contribution in [1.29, 1.82) is 0 Å². The fourth-order valence-electron chi connectivity index (χ4n) is 14.3. The number of nitrogens with zero attached hydrogens (tertiary/aromatic N) is 6. The molecule has 2 unspecified atom stereocenters. The van der Waals surface area contributed by atoms with Gasteiger partial charge in [0.1, 0.15) is 0 Å². The Kier molecular flexibility index (Phi) is 20.5. The smallest absolute Gasteiger partial charge is 0.305 e. The molecule has 0 aliphatic heterocycles. The van der Waals surface area contributed by atoms with Crippen LogP contribution in [-0.4, -0.2) is 29.9 Å². The Morgan fingerprint density at radius 2 is 0.657 bits per heavy atom. The van der Waals surface area contributed by atoms with Crippen molar-refractivity contribution in [1.82, 2.24) is 29.9 Å². The molecule has 4 aromatic heterocycles. The van der Waals surface area contributed by atoms with E-state index in [-0.39, 0.29) is 48.7 Å². The Labute approximate surface area is 638 Å². The van der Waals surface area contributed by atoms with Gasteiger partial charge in [-0.15, -0.1) is 71.3 Å². The molecule has 0 radical (unpaired) electrons. The van der Waals surface area contributed by atoms with Crippen molar-refractivity contribution in [2.75, 3.05) is 0 Å². The van der Waals surface area contributed by atoms with Crippen LogP contribution in [0.4, 0.5) is 0 Å². The van der Waals surface area contributed by atoms with Crippen LogP contribution >= 0.6 is 47.8 Å². The fraction of sp³-hybridized carbons (Fsp3) is 0.152. The Bertz CT molecular complexity index is 5120. The zero-order valence-electron chi connectivity index (χ0n) is 57.5. The predicted octanol–water partition coefficient (Wildman–Crippen LogP) is 25.5. The first-order valence-electron chi connectivity index (χ1n) is 34.4. The quantitative estimate of drug-likeness (QED) is 0.101. The summed E-state index contributed by atoms with van der Waals surface area (Å²) in [5.74, 6) is 2.23. The van der Waals surface area contributed by atoms with Gasteiger partial charge in [0.15, 0.2) is 17.5 Å². The van der Waals surface area contributed by atoms with Crippen LogP contribution in [-0.2, 0) is 30.9 Å². The molecule has 6 nitrogen and oxygen atoms in total. The van der Waals surface area contributed by atoms with Crippen molar-refractivity contribution >= 4 is 47.8 Å². The largest absolute Gasteiger partial charge is 3.00 e. The molecule has 102 heavy (non-hydrogen) atoms. The first-order chi connectivity index (χ1) is 49.0. The molecule has 2 atom stereocenters. The van der Waals surface area contributed by atoms with Gasteiger partial charge in [0.05, 0.1) is 0 Å². The molecular weight excluding hydrogens is 1620 g/mol. The van der Waals surface area contributed by atoms with Gasteiger partial charge < -0.3 is 15.0 Å². The van der Waals surface area contributed by atoms with E-state index in [9.17, 15) is 0 Å². The van der Waals surface area contributed by atoms with Crippen molar-refractivity contribution in [3.63, 3.8) is 0 Å². The van der Waals surface area contributed by atoms with Crippen LogP contribution in [0.5, 0.6) is 0 Å². The summed E-state index contributed by atoms with van der Waals surface area (Å²) in [7, 11) is 0. The van der Waals surface area contributed by atoms with Crippen LogP contribution in [0.3, 0.4) is 0 Å². The molecule has 1 fully saturated rings. The van der Waals surface area contributed by atoms with Crippen LogP contribution in [0, 0.1) is 18.2 Å². The number of hydrogen-bond donors (Lipinski definition) is 0. The van der Waals surface area contributed by atoms with Gasteiger partial charge in [-0.25, -0.2) is 15.0 Å². The minimum Gasteiger partial charge on any atom is -0.305 e. The first-order valence-corrected chi connectivity index (χ1v) is 36.8. The van der Waals surface area contributed by atoms with Gasteiger partial charge in [-0.2, -0.15) is 0 Å². The number of aromatic nitrogens is 6. The summed E-state index contributed by atoms with van der Waals surface area (Å²) < 4.78 is 2.98. The average molecular weight is 1690 g/mol. The molecule has 1 aliphatic rings. The maximum absolute atomic E-state index is 5.16. The minimum atomic E-state index is -0.0126. The molecule has 10 heteroatoms. The van der Waals surface area contributed by atoms with E-state index in [0.717, 1.165) is 122 Å². The van der Waals surface area contributed by atoms with Crippen molar-refractivity contribution in [2.24, 2.45) is 0 Å². The van der Waals surface area contributed by atoms with E-state index in [4.69, 9.17) is 29.9 Å². The normalized spacial score (nSPS) is 14.6. The van der Waals surface area contributed by atoms with Gasteiger partial charge >= 0.3 is 20.1 Å². The summed E-state index contributed by atoms with van der Waals surface area (Å²) in [4.78, 5) is 30.2. The first kappa shape index (κ1) is 69.8. The maximum atomic E-state index is 5.16. The van der Waals surface area contributed by atoms with Crippen LogP contribution in [0.2, 0.25) is 0 Å². The number of pyridine rings is 3. The zero-order chi connectivity index (χ0) is 69.4. The van der Waals surface area contributed by atoms with Gasteiger partial charge in [-0.05, 0) is 139 Å². The summed E-state index contributed by atoms with van der Waals surface area (Å²) in [6, 6.07) is 101. The van der Waals surface area contributed by atoms with Gasteiger partial charge in [0.2, 0.25) is 0 Å². The monoisotopic (exact) mass is 1690 g/mol. The molecule has 1 aliphatic carbocycles. The van der Waals surface area contributed by atoms with Crippen molar-refractivity contribution in [3.05, 3.63) is 333 Å². The standard InChI is InChI=1S/C92H72Br3N6.Ir/c1-91(2,3)71-43-45-96-86(55-71)63-36-40-80(83(94)53-63)77-33-17-14-30-74(77)69-49-68(50-70(51-69)75-31-15-18-34-78(75)81-41-37-64(54-84(81)95)87-56-72(44-46-97-87)92(4,5)6)73-29-13-16-32-76(73)79-39-35-62(52-82(79)93)85-42-38-67(57-98-85)90-100-88(65-27-19-25-60(47-65)58-21-9-7-10-22-58)99-89(101-90)66-28-20-26-61(48-66)59-23-11-8-12-24-59;/h7-34,38-48,52-57,68-70H,49-51H2,1-6H3;/q-3;+3. The topological polar surface area (TPSA) is 77.3 Å². The maximum Gasteiger partial charge on any atom is 3.00 e. The third kappa shape index (κ3) is 15.0. The Balaban J connectivity index is 0.00000882. The summed E-state index contributed by atoms with van der Waals surface area (Å²) in [5, 5.41) is 0. The van der Waals surface area contributed by atoms with E-state index in [1.807, 2.05) is 36.8 Å². The molecule has 10 aromatic carbocycles. The molecular formula is C92H72Br3IrN6. The van der Waals surface area contributed by atoms with Crippen molar-refractivity contribution in [3.8, 4) is 124 Å². The summed E-state index contributed by atoms with van der Waals surface area (Å²) in [6.45, 7) is 13.4. The van der Waals surface area contributed by atoms with Crippen LogP contribution in [0.1, 0.15) is 106 Å². The molecule has 0 N–H and O–H groups in total. The third-order valence-electron chi connectivity index (χ3n) is 19.7. The predicted molar refractivity (Wildman–Crippen MR) is 425 cm³/mol. The van der Waals surface area contributed by atoms with E-state index >= 15 is 0 Å². The van der Waals surface area contributed by atoms with Gasteiger partial charge in [0, 0.05) is 35.3 Å². The van der Waals surface area contributed by atoms with E-state index < -0.39 is 0 Å². The molecule has 0 amide bonds. The van der Waals surface area contributed by atoms with Crippen LogP contribution in [0.15, 0.2) is 287 Å². The molecule has 14 aromatic rings. The molecule has 1 saturated carbocycles. The molecule has 0 bridgehead atoms. The third-order valence-corrected chi connectivity index (χ3v) is 21.6. The number of halogens is 3. The van der Waals surface area contributed by atoms with Crippen LogP contribution < -0.4 is 0 Å². The van der Waals surface area contributed by atoms with E-state index in [2.05, 4.69) is 344 Å². The summed E-state index contributed by atoms with van der Waals surface area (Å²) >= 11 is 12.3. The van der Waals surface area contributed by atoms with Crippen molar-refractivity contribution < 1.29 is 20.1 Å². The van der Waals surface area contributed by atoms with E-state index in [1.165, 1.54) is 44.5 Å². The second kappa shape index (κ2) is 30.0. The molecule has 15 rings (SSSR count). The fourth-order valence-corrected chi connectivity index (χ4v) is 16.0. The van der Waals surface area contributed by atoms with E-state index in [0.29, 0.717) is 17.5 Å². The van der Waals surface area contributed by atoms with Gasteiger partial charge in [0.25, 0.3) is 0 Å². The second-order valence-electron chi connectivity index (χ2n) is 28.4. The number of rotatable bonds is 14. The molecule has 0 saturated heterocycles. The Hall–Kier alpha value is -9.25. The summed E-state index contributed by atoms with van der Waals surface area (Å²) in [5.41, 5.74) is 25.6. The Morgan fingerprint density at radius 3 is 1.02 bits per heavy atom. The molecule has 0 spiro atoms. The van der Waals surface area contributed by atoms with Gasteiger partial charge in [-0.1, -0.05) is 330 Å². The van der Waals surface area contributed by atoms with Crippen molar-refractivity contribution in [2.45, 2.75) is 89.4 Å². The van der Waals surface area contributed by atoms with E-state index in [1.54, 1.807) is 0 Å². The average Bonchev–Trinajstić information content (AvgIpc) is 0.768.